The van der Waals surface area contributed by atoms with Gasteiger partial charge in [0.05, 0.1) is 18.2 Å². The van der Waals surface area contributed by atoms with E-state index in [1.807, 2.05) is 0 Å². The van der Waals surface area contributed by atoms with E-state index in [2.05, 4.69) is 4.98 Å². The summed E-state index contributed by atoms with van der Waals surface area (Å²) in [7, 11) is 0. The number of aliphatic carboxylic acids is 1. The Bertz CT molecular complexity index is 816. The molecule has 1 fully saturated rings. The van der Waals surface area contributed by atoms with Gasteiger partial charge in [-0.2, -0.15) is 0 Å². The van der Waals surface area contributed by atoms with Crippen molar-refractivity contribution in [3.05, 3.63) is 42.2 Å². The molecule has 0 unspecified atom stereocenters. The predicted molar refractivity (Wildman–Crippen MR) is 98.0 cm³/mol. The Kier molecular flexibility index (Phi) is 6.76. The van der Waals surface area contributed by atoms with Gasteiger partial charge in [0.15, 0.2) is 11.7 Å². The summed E-state index contributed by atoms with van der Waals surface area (Å²) in [4.78, 5) is 29.4. The van der Waals surface area contributed by atoms with E-state index in [4.69, 9.17) is 14.3 Å². The number of aromatic nitrogens is 1. The van der Waals surface area contributed by atoms with Crippen molar-refractivity contribution in [1.82, 2.24) is 9.88 Å². The maximum Gasteiger partial charge on any atom is 0.305 e. The van der Waals surface area contributed by atoms with Gasteiger partial charge < -0.3 is 19.2 Å². The SMILES string of the molecule is O=C(O)CCN(C(=O)CCc1ncc(-c2ccccc2F)o1)C1CCOCC1. The highest BCUT2D eigenvalue weighted by molar-refractivity contribution is 5.77. The first-order valence-electron chi connectivity index (χ1n) is 9.33. The van der Waals surface area contributed by atoms with Gasteiger partial charge in [-0.25, -0.2) is 9.37 Å². The lowest BCUT2D eigenvalue weighted by molar-refractivity contribution is -0.140. The number of carboxylic acid groups (broad SMARTS) is 1. The van der Waals surface area contributed by atoms with Gasteiger partial charge in [0.1, 0.15) is 5.82 Å². The van der Waals surface area contributed by atoms with Crippen LogP contribution in [0.1, 0.15) is 31.6 Å². The van der Waals surface area contributed by atoms with Crippen LogP contribution in [0.5, 0.6) is 0 Å². The molecule has 2 heterocycles. The van der Waals surface area contributed by atoms with Crippen LogP contribution >= 0.6 is 0 Å². The summed E-state index contributed by atoms with van der Waals surface area (Å²) in [5, 5.41) is 8.97. The van der Waals surface area contributed by atoms with Crippen molar-refractivity contribution >= 4 is 11.9 Å². The van der Waals surface area contributed by atoms with Crippen molar-refractivity contribution in [2.75, 3.05) is 19.8 Å². The molecule has 1 aliphatic heterocycles. The third-order valence-electron chi connectivity index (χ3n) is 4.76. The van der Waals surface area contributed by atoms with E-state index < -0.39 is 11.8 Å². The van der Waals surface area contributed by atoms with Crippen LogP contribution in [-0.4, -0.2) is 52.7 Å². The van der Waals surface area contributed by atoms with Crippen LogP contribution < -0.4 is 0 Å². The molecular weight excluding hydrogens is 367 g/mol. The maximum atomic E-state index is 13.9. The van der Waals surface area contributed by atoms with Crippen molar-refractivity contribution in [2.45, 2.75) is 38.1 Å². The number of halogens is 1. The second-order valence-corrected chi connectivity index (χ2v) is 6.67. The molecule has 0 radical (unpaired) electrons. The summed E-state index contributed by atoms with van der Waals surface area (Å²) < 4.78 is 24.8. The molecule has 28 heavy (non-hydrogen) atoms. The fourth-order valence-electron chi connectivity index (χ4n) is 3.29. The minimum Gasteiger partial charge on any atom is -0.481 e. The molecule has 7 nitrogen and oxygen atoms in total. The lowest BCUT2D eigenvalue weighted by atomic mass is 10.1. The van der Waals surface area contributed by atoms with Gasteiger partial charge in [0.25, 0.3) is 0 Å². The van der Waals surface area contributed by atoms with E-state index in [1.54, 1.807) is 23.1 Å². The number of carbonyl (C=O) groups is 2. The smallest absolute Gasteiger partial charge is 0.305 e. The zero-order valence-corrected chi connectivity index (χ0v) is 15.5. The Morgan fingerprint density at radius 1 is 1.21 bits per heavy atom. The van der Waals surface area contributed by atoms with E-state index in [0.717, 1.165) is 0 Å². The normalized spacial score (nSPS) is 14.8. The highest BCUT2D eigenvalue weighted by Gasteiger charge is 2.26. The fourth-order valence-corrected chi connectivity index (χ4v) is 3.29. The van der Waals surface area contributed by atoms with Gasteiger partial charge in [-0.1, -0.05) is 12.1 Å². The Balaban J connectivity index is 1.62. The number of amides is 1. The first kappa shape index (κ1) is 20.0. The van der Waals surface area contributed by atoms with Crippen molar-refractivity contribution in [2.24, 2.45) is 0 Å². The standard InChI is InChI=1S/C20H23FN2O5/c21-16-4-2-1-3-15(16)17-13-22-18(28-17)5-6-19(24)23(10-7-20(25)26)14-8-11-27-12-9-14/h1-4,13-14H,5-12H2,(H,25,26). The summed E-state index contributed by atoms with van der Waals surface area (Å²) in [6, 6.07) is 6.23. The number of rotatable bonds is 8. The summed E-state index contributed by atoms with van der Waals surface area (Å²) in [5.41, 5.74) is 0.317. The van der Waals surface area contributed by atoms with Crippen LogP contribution in [0.3, 0.4) is 0 Å². The van der Waals surface area contributed by atoms with Crippen LogP contribution in [0, 0.1) is 5.82 Å². The van der Waals surface area contributed by atoms with Crippen LogP contribution in [0.2, 0.25) is 0 Å². The van der Waals surface area contributed by atoms with Gasteiger partial charge in [-0.15, -0.1) is 0 Å². The van der Waals surface area contributed by atoms with Crippen LogP contribution in [0.15, 0.2) is 34.9 Å². The molecule has 8 heteroatoms. The van der Waals surface area contributed by atoms with E-state index in [0.29, 0.717) is 43.3 Å². The lowest BCUT2D eigenvalue weighted by Gasteiger charge is -2.34. The molecule has 1 amide bonds. The molecule has 0 atom stereocenters. The van der Waals surface area contributed by atoms with Gasteiger partial charge in [0, 0.05) is 38.6 Å². The molecule has 1 aromatic carbocycles. The zero-order valence-electron chi connectivity index (χ0n) is 15.5. The molecule has 1 saturated heterocycles. The van der Waals surface area contributed by atoms with Crippen LogP contribution in [0.25, 0.3) is 11.3 Å². The number of hydrogen-bond donors (Lipinski definition) is 1. The molecule has 0 saturated carbocycles. The quantitative estimate of drug-likeness (QED) is 0.745. The minimum absolute atomic E-state index is 0.0147. The van der Waals surface area contributed by atoms with Crippen molar-refractivity contribution in [3.63, 3.8) is 0 Å². The summed E-state index contributed by atoms with van der Waals surface area (Å²) in [6.45, 7) is 1.30. The third-order valence-corrected chi connectivity index (χ3v) is 4.76. The summed E-state index contributed by atoms with van der Waals surface area (Å²) in [6.07, 6.45) is 3.15. The monoisotopic (exact) mass is 390 g/mol. The number of oxazole rings is 1. The lowest BCUT2D eigenvalue weighted by Crippen LogP contribution is -2.44. The van der Waals surface area contributed by atoms with Crippen molar-refractivity contribution < 1.29 is 28.2 Å². The Labute approximate surface area is 162 Å². The zero-order chi connectivity index (χ0) is 19.9. The Hall–Kier alpha value is -2.74. The number of carbonyl (C=O) groups excluding carboxylic acids is 1. The van der Waals surface area contributed by atoms with E-state index in [1.165, 1.54) is 12.3 Å². The molecule has 0 bridgehead atoms. The van der Waals surface area contributed by atoms with Crippen molar-refractivity contribution in [1.29, 1.82) is 0 Å². The molecule has 2 aromatic rings. The van der Waals surface area contributed by atoms with Crippen LogP contribution in [0.4, 0.5) is 4.39 Å². The summed E-state index contributed by atoms with van der Waals surface area (Å²) in [5.74, 6) is -0.823. The number of aryl methyl sites for hydroxylation is 1. The molecular formula is C20H23FN2O5. The average molecular weight is 390 g/mol. The van der Waals surface area contributed by atoms with Crippen molar-refractivity contribution in [3.8, 4) is 11.3 Å². The number of carboxylic acids is 1. The van der Waals surface area contributed by atoms with Gasteiger partial charge in [-0.05, 0) is 25.0 Å². The first-order valence-corrected chi connectivity index (χ1v) is 9.33. The van der Waals surface area contributed by atoms with E-state index in [9.17, 15) is 14.0 Å². The fraction of sp³-hybridized carbons (Fsp3) is 0.450. The number of nitrogens with zero attached hydrogens (tertiary/aromatic N) is 2. The average Bonchev–Trinajstić information content (AvgIpc) is 3.16. The first-order chi connectivity index (χ1) is 13.5. The number of hydrogen-bond acceptors (Lipinski definition) is 5. The Morgan fingerprint density at radius 2 is 1.96 bits per heavy atom. The second kappa shape index (κ2) is 9.45. The van der Waals surface area contributed by atoms with Gasteiger partial charge >= 0.3 is 5.97 Å². The largest absolute Gasteiger partial charge is 0.481 e. The van der Waals surface area contributed by atoms with Crippen LogP contribution in [-0.2, 0) is 20.7 Å². The highest BCUT2D eigenvalue weighted by Crippen LogP contribution is 2.24. The second-order valence-electron chi connectivity index (χ2n) is 6.67. The number of benzene rings is 1. The topological polar surface area (TPSA) is 92.9 Å². The minimum atomic E-state index is -0.938. The molecule has 3 rings (SSSR count). The van der Waals surface area contributed by atoms with Gasteiger partial charge in [0.2, 0.25) is 5.91 Å². The van der Waals surface area contributed by atoms with Gasteiger partial charge in [-0.3, -0.25) is 9.59 Å². The summed E-state index contributed by atoms with van der Waals surface area (Å²) >= 11 is 0. The molecule has 0 spiro atoms. The highest BCUT2D eigenvalue weighted by atomic mass is 19.1. The predicted octanol–water partition coefficient (Wildman–Crippen LogP) is 2.90. The molecule has 150 valence electrons. The molecule has 1 aromatic heterocycles. The molecule has 1 aliphatic rings. The molecule has 1 N–H and O–H groups in total. The molecule has 0 aliphatic carbocycles. The maximum absolute atomic E-state index is 13.9. The van der Waals surface area contributed by atoms with E-state index in [-0.39, 0.29) is 37.8 Å². The Morgan fingerprint density at radius 3 is 2.68 bits per heavy atom. The number of ether oxygens (including phenoxy) is 1. The third kappa shape index (κ3) is 5.16. The van der Waals surface area contributed by atoms with E-state index >= 15 is 0 Å².